The standard InChI is InChI=1S/C24H22ClN3O3S/c1-17-12-23(26-24(29)31-16-21-8-5-11-32-21)27-28(17)14-19-13-20(25)9-10-22(19)30-15-18-6-3-2-4-7-18/h2-13H,14-16H2,1H3,(H,26,27,29). The lowest BCUT2D eigenvalue weighted by Gasteiger charge is -2.13. The second kappa shape index (κ2) is 10.3. The molecular weight excluding hydrogens is 446 g/mol. The number of aryl methyl sites for hydroxylation is 1. The largest absolute Gasteiger partial charge is 0.489 e. The summed E-state index contributed by atoms with van der Waals surface area (Å²) in [5, 5.41) is 9.72. The van der Waals surface area contributed by atoms with Crippen LogP contribution in [0.3, 0.4) is 0 Å². The van der Waals surface area contributed by atoms with Crippen molar-refractivity contribution in [3.8, 4) is 5.75 Å². The van der Waals surface area contributed by atoms with Gasteiger partial charge in [-0.3, -0.25) is 10.00 Å². The van der Waals surface area contributed by atoms with Gasteiger partial charge in [-0.25, -0.2) is 4.79 Å². The number of ether oxygens (including phenoxy) is 2. The van der Waals surface area contributed by atoms with E-state index in [4.69, 9.17) is 21.1 Å². The Morgan fingerprint density at radius 1 is 1.09 bits per heavy atom. The molecule has 0 atom stereocenters. The van der Waals surface area contributed by atoms with Gasteiger partial charge in [-0.1, -0.05) is 48.0 Å². The van der Waals surface area contributed by atoms with Crippen LogP contribution in [0.4, 0.5) is 10.6 Å². The van der Waals surface area contributed by atoms with E-state index in [1.807, 2.05) is 66.9 Å². The Morgan fingerprint density at radius 2 is 1.94 bits per heavy atom. The number of halogens is 1. The number of nitrogens with zero attached hydrogens (tertiary/aromatic N) is 2. The second-order valence-corrected chi connectivity index (χ2v) is 8.60. The van der Waals surface area contributed by atoms with E-state index in [1.54, 1.807) is 16.8 Å². The van der Waals surface area contributed by atoms with E-state index in [-0.39, 0.29) is 6.61 Å². The minimum absolute atomic E-state index is 0.230. The number of thiophene rings is 1. The van der Waals surface area contributed by atoms with Gasteiger partial charge >= 0.3 is 6.09 Å². The third-order valence-corrected chi connectivity index (χ3v) is 5.80. The average Bonchev–Trinajstić information content (AvgIpc) is 3.42. The molecule has 6 nitrogen and oxygen atoms in total. The maximum atomic E-state index is 12.1. The highest BCUT2D eigenvalue weighted by Crippen LogP contribution is 2.25. The molecule has 2 heterocycles. The molecule has 0 unspecified atom stereocenters. The van der Waals surface area contributed by atoms with Crippen molar-refractivity contribution in [1.29, 1.82) is 0 Å². The van der Waals surface area contributed by atoms with Crippen LogP contribution in [0, 0.1) is 6.92 Å². The van der Waals surface area contributed by atoms with Crippen molar-refractivity contribution < 1.29 is 14.3 Å². The Hall–Kier alpha value is -3.29. The maximum Gasteiger partial charge on any atom is 0.413 e. The molecule has 32 heavy (non-hydrogen) atoms. The Labute approximate surface area is 195 Å². The molecule has 4 rings (SSSR count). The molecule has 0 radical (unpaired) electrons. The van der Waals surface area contributed by atoms with Gasteiger partial charge in [-0.2, -0.15) is 5.10 Å². The van der Waals surface area contributed by atoms with E-state index in [2.05, 4.69) is 10.4 Å². The summed E-state index contributed by atoms with van der Waals surface area (Å²) in [6.45, 7) is 3.05. The number of rotatable bonds is 8. The Balaban J connectivity index is 1.41. The van der Waals surface area contributed by atoms with E-state index in [0.717, 1.165) is 27.4 Å². The quantitative estimate of drug-likeness (QED) is 0.331. The van der Waals surface area contributed by atoms with Crippen LogP contribution in [-0.4, -0.2) is 15.9 Å². The van der Waals surface area contributed by atoms with Gasteiger partial charge in [0.2, 0.25) is 0 Å². The van der Waals surface area contributed by atoms with Gasteiger partial charge in [-0.15, -0.1) is 11.3 Å². The number of anilines is 1. The van der Waals surface area contributed by atoms with Crippen molar-refractivity contribution in [2.75, 3.05) is 5.32 Å². The summed E-state index contributed by atoms with van der Waals surface area (Å²) in [7, 11) is 0. The van der Waals surface area contributed by atoms with Crippen LogP contribution < -0.4 is 10.1 Å². The first kappa shape index (κ1) is 21.9. The average molecular weight is 468 g/mol. The van der Waals surface area contributed by atoms with Crippen molar-refractivity contribution in [1.82, 2.24) is 9.78 Å². The van der Waals surface area contributed by atoms with Crippen LogP contribution in [0.1, 0.15) is 21.7 Å². The fourth-order valence-electron chi connectivity index (χ4n) is 3.11. The number of carbonyl (C=O) groups is 1. The normalized spacial score (nSPS) is 10.7. The summed E-state index contributed by atoms with van der Waals surface area (Å²) in [5.41, 5.74) is 2.86. The Bertz CT molecular complexity index is 1180. The zero-order valence-corrected chi connectivity index (χ0v) is 19.0. The summed E-state index contributed by atoms with van der Waals surface area (Å²) < 4.78 is 13.1. The topological polar surface area (TPSA) is 65.4 Å². The number of nitrogens with one attached hydrogen (secondary N) is 1. The van der Waals surface area contributed by atoms with E-state index >= 15 is 0 Å². The summed E-state index contributed by atoms with van der Waals surface area (Å²) in [6.07, 6.45) is -0.544. The highest BCUT2D eigenvalue weighted by molar-refractivity contribution is 7.09. The monoisotopic (exact) mass is 467 g/mol. The van der Waals surface area contributed by atoms with Gasteiger partial charge in [-0.05, 0) is 42.1 Å². The smallest absolute Gasteiger partial charge is 0.413 e. The molecule has 0 bridgehead atoms. The van der Waals surface area contributed by atoms with E-state index in [0.29, 0.717) is 24.0 Å². The molecule has 0 saturated carbocycles. The molecule has 1 amide bonds. The fourth-order valence-corrected chi connectivity index (χ4v) is 3.92. The molecule has 0 aliphatic heterocycles. The third kappa shape index (κ3) is 5.90. The molecule has 0 spiro atoms. The highest BCUT2D eigenvalue weighted by Gasteiger charge is 2.12. The predicted molar refractivity (Wildman–Crippen MR) is 126 cm³/mol. The van der Waals surface area contributed by atoms with Gasteiger partial charge in [0.1, 0.15) is 19.0 Å². The Kier molecular flexibility index (Phi) is 7.09. The Morgan fingerprint density at radius 3 is 2.72 bits per heavy atom. The molecule has 164 valence electrons. The van der Waals surface area contributed by atoms with E-state index in [9.17, 15) is 4.79 Å². The van der Waals surface area contributed by atoms with Crippen molar-refractivity contribution in [3.05, 3.63) is 98.8 Å². The van der Waals surface area contributed by atoms with Crippen molar-refractivity contribution in [3.63, 3.8) is 0 Å². The molecule has 0 fully saturated rings. The molecule has 0 saturated heterocycles. The lowest BCUT2D eigenvalue weighted by molar-refractivity contribution is 0.156. The minimum Gasteiger partial charge on any atom is -0.489 e. The number of carbonyl (C=O) groups excluding carboxylic acids is 1. The van der Waals surface area contributed by atoms with Gasteiger partial charge in [0.15, 0.2) is 5.82 Å². The van der Waals surface area contributed by atoms with Crippen LogP contribution in [0.5, 0.6) is 5.75 Å². The first-order valence-corrected chi connectivity index (χ1v) is 11.3. The lowest BCUT2D eigenvalue weighted by atomic mass is 10.2. The number of aromatic nitrogens is 2. The van der Waals surface area contributed by atoms with E-state index < -0.39 is 6.09 Å². The van der Waals surface area contributed by atoms with Crippen molar-refractivity contribution >= 4 is 34.8 Å². The van der Waals surface area contributed by atoms with Crippen molar-refractivity contribution in [2.24, 2.45) is 0 Å². The summed E-state index contributed by atoms with van der Waals surface area (Å²) >= 11 is 7.77. The molecule has 0 aliphatic carbocycles. The summed E-state index contributed by atoms with van der Waals surface area (Å²) in [4.78, 5) is 13.1. The van der Waals surface area contributed by atoms with Gasteiger partial charge in [0, 0.05) is 27.2 Å². The molecular formula is C24H22ClN3O3S. The van der Waals surface area contributed by atoms with Crippen molar-refractivity contribution in [2.45, 2.75) is 26.7 Å². The predicted octanol–water partition coefficient (Wildman–Crippen LogP) is 6.28. The second-order valence-electron chi connectivity index (χ2n) is 7.14. The maximum absolute atomic E-state index is 12.1. The van der Waals surface area contributed by atoms with Crippen LogP contribution in [-0.2, 0) is 24.5 Å². The lowest BCUT2D eigenvalue weighted by Crippen LogP contribution is -2.14. The molecule has 2 aromatic carbocycles. The van der Waals surface area contributed by atoms with Crippen LogP contribution in [0.2, 0.25) is 5.02 Å². The molecule has 4 aromatic rings. The van der Waals surface area contributed by atoms with Gasteiger partial charge in [0.25, 0.3) is 0 Å². The third-order valence-electron chi connectivity index (χ3n) is 4.72. The summed E-state index contributed by atoms with van der Waals surface area (Å²) in [6, 6.07) is 21.1. The van der Waals surface area contributed by atoms with Gasteiger partial charge < -0.3 is 9.47 Å². The highest BCUT2D eigenvalue weighted by atomic mass is 35.5. The first-order chi connectivity index (χ1) is 15.6. The molecule has 2 aromatic heterocycles. The number of hydrogen-bond donors (Lipinski definition) is 1. The number of hydrogen-bond acceptors (Lipinski definition) is 5. The molecule has 8 heteroatoms. The number of benzene rings is 2. The van der Waals surface area contributed by atoms with Gasteiger partial charge in [0.05, 0.1) is 6.54 Å². The molecule has 1 N–H and O–H groups in total. The van der Waals surface area contributed by atoms with E-state index in [1.165, 1.54) is 11.3 Å². The fraction of sp³-hybridized carbons (Fsp3) is 0.167. The molecule has 0 aliphatic rings. The minimum atomic E-state index is -0.544. The van der Waals surface area contributed by atoms with Crippen LogP contribution >= 0.6 is 22.9 Å². The van der Waals surface area contributed by atoms with Crippen LogP contribution in [0.15, 0.2) is 72.1 Å². The number of amides is 1. The SMILES string of the molecule is Cc1cc(NC(=O)OCc2cccs2)nn1Cc1cc(Cl)ccc1OCc1ccccc1. The first-order valence-electron chi connectivity index (χ1n) is 10.0. The summed E-state index contributed by atoms with van der Waals surface area (Å²) in [5.74, 6) is 1.16. The van der Waals surface area contributed by atoms with Crippen LogP contribution in [0.25, 0.3) is 0 Å². The zero-order chi connectivity index (χ0) is 22.3. The zero-order valence-electron chi connectivity index (χ0n) is 17.5.